The van der Waals surface area contributed by atoms with Crippen molar-refractivity contribution in [2.24, 2.45) is 5.92 Å². The highest BCUT2D eigenvalue weighted by molar-refractivity contribution is 5.79. The van der Waals surface area contributed by atoms with E-state index < -0.39 is 0 Å². The molecule has 1 amide bonds. The lowest BCUT2D eigenvalue weighted by Gasteiger charge is -2.23. The fourth-order valence-corrected chi connectivity index (χ4v) is 1.57. The number of amides is 1. The summed E-state index contributed by atoms with van der Waals surface area (Å²) in [6, 6.07) is 3.81. The quantitative estimate of drug-likeness (QED) is 0.797. The van der Waals surface area contributed by atoms with E-state index in [0.717, 1.165) is 24.4 Å². The van der Waals surface area contributed by atoms with E-state index in [1.54, 1.807) is 0 Å². The molecule has 3 nitrogen and oxygen atoms in total. The van der Waals surface area contributed by atoms with E-state index in [9.17, 15) is 4.79 Å². The van der Waals surface area contributed by atoms with Crippen molar-refractivity contribution < 1.29 is 9.21 Å². The van der Waals surface area contributed by atoms with Gasteiger partial charge in [-0.15, -0.1) is 0 Å². The van der Waals surface area contributed by atoms with Crippen LogP contribution >= 0.6 is 0 Å². The molecule has 0 aromatic carbocycles. The predicted molar refractivity (Wildman–Crippen MR) is 52.6 cm³/mol. The Balaban J connectivity index is 1.79. The molecular formula is C11H15NO2. The topological polar surface area (TPSA) is 42.2 Å². The van der Waals surface area contributed by atoms with Gasteiger partial charge in [0.1, 0.15) is 11.5 Å². The minimum absolute atomic E-state index is 0.172. The Morgan fingerprint density at radius 3 is 2.86 bits per heavy atom. The molecule has 1 heterocycles. The zero-order valence-corrected chi connectivity index (χ0v) is 8.38. The van der Waals surface area contributed by atoms with Gasteiger partial charge in [0.05, 0.1) is 6.54 Å². The first-order valence-corrected chi connectivity index (χ1v) is 5.09. The van der Waals surface area contributed by atoms with E-state index in [1.165, 1.54) is 6.42 Å². The molecule has 3 heteroatoms. The van der Waals surface area contributed by atoms with Gasteiger partial charge in [-0.3, -0.25) is 4.79 Å². The summed E-state index contributed by atoms with van der Waals surface area (Å²) >= 11 is 0. The third-order valence-corrected chi connectivity index (χ3v) is 2.71. The minimum Gasteiger partial charge on any atom is -0.465 e. The molecular weight excluding hydrogens is 178 g/mol. The fourth-order valence-electron chi connectivity index (χ4n) is 1.57. The molecule has 0 atom stereocenters. The maximum atomic E-state index is 11.5. The van der Waals surface area contributed by atoms with Crippen LogP contribution in [0, 0.1) is 12.8 Å². The Bertz CT molecular complexity index is 326. The van der Waals surface area contributed by atoms with Crippen LogP contribution in [0.25, 0.3) is 0 Å². The molecule has 14 heavy (non-hydrogen) atoms. The van der Waals surface area contributed by atoms with E-state index in [1.807, 2.05) is 19.1 Å². The first-order valence-electron chi connectivity index (χ1n) is 5.09. The lowest BCUT2D eigenvalue weighted by atomic mass is 9.85. The summed E-state index contributed by atoms with van der Waals surface area (Å²) < 4.78 is 5.35. The molecule has 76 valence electrons. The number of nitrogens with one attached hydrogen (secondary N) is 1. The molecule has 1 fully saturated rings. The molecule has 1 aliphatic carbocycles. The summed E-state index contributed by atoms with van der Waals surface area (Å²) in [7, 11) is 0. The molecule has 0 unspecified atom stereocenters. The molecule has 0 radical (unpaired) electrons. The Hall–Kier alpha value is -1.25. The first-order chi connectivity index (χ1) is 6.75. The first kappa shape index (κ1) is 9.31. The van der Waals surface area contributed by atoms with Crippen LogP contribution in [0.3, 0.4) is 0 Å². The second-order valence-electron chi connectivity index (χ2n) is 3.86. The molecule has 0 saturated heterocycles. The summed E-state index contributed by atoms with van der Waals surface area (Å²) in [6.07, 6.45) is 3.28. The van der Waals surface area contributed by atoms with Crippen molar-refractivity contribution >= 4 is 5.91 Å². The van der Waals surface area contributed by atoms with Gasteiger partial charge in [-0.05, 0) is 31.9 Å². The van der Waals surface area contributed by atoms with Gasteiger partial charge in [0.2, 0.25) is 5.91 Å². The number of furan rings is 1. The molecule has 1 aromatic heterocycles. The van der Waals surface area contributed by atoms with Crippen LogP contribution in [-0.2, 0) is 11.3 Å². The number of aryl methyl sites for hydroxylation is 1. The maximum absolute atomic E-state index is 11.5. The molecule has 1 N–H and O–H groups in total. The Morgan fingerprint density at radius 2 is 2.36 bits per heavy atom. The summed E-state index contributed by atoms with van der Waals surface area (Å²) in [5, 5.41) is 2.88. The van der Waals surface area contributed by atoms with Crippen LogP contribution < -0.4 is 5.32 Å². The highest BCUT2D eigenvalue weighted by atomic mass is 16.3. The van der Waals surface area contributed by atoms with Gasteiger partial charge in [0.25, 0.3) is 0 Å². The van der Waals surface area contributed by atoms with Crippen molar-refractivity contribution in [3.63, 3.8) is 0 Å². The van der Waals surface area contributed by atoms with E-state index in [2.05, 4.69) is 5.32 Å². The maximum Gasteiger partial charge on any atom is 0.223 e. The van der Waals surface area contributed by atoms with Crippen LogP contribution in [0.4, 0.5) is 0 Å². The van der Waals surface area contributed by atoms with E-state index in [-0.39, 0.29) is 11.8 Å². The zero-order valence-electron chi connectivity index (χ0n) is 8.38. The molecule has 0 spiro atoms. The van der Waals surface area contributed by atoms with Crippen LogP contribution in [0.2, 0.25) is 0 Å². The number of rotatable bonds is 3. The third-order valence-electron chi connectivity index (χ3n) is 2.71. The summed E-state index contributed by atoms with van der Waals surface area (Å²) in [6.45, 7) is 2.42. The normalized spacial score (nSPS) is 16.4. The highest BCUT2D eigenvalue weighted by Gasteiger charge is 2.24. The van der Waals surface area contributed by atoms with Gasteiger partial charge in [-0.2, -0.15) is 0 Å². The Morgan fingerprint density at radius 1 is 1.57 bits per heavy atom. The van der Waals surface area contributed by atoms with Crippen molar-refractivity contribution in [2.75, 3.05) is 0 Å². The molecule has 2 rings (SSSR count). The van der Waals surface area contributed by atoms with Gasteiger partial charge in [0.15, 0.2) is 0 Å². The monoisotopic (exact) mass is 193 g/mol. The average Bonchev–Trinajstić information content (AvgIpc) is 2.45. The largest absolute Gasteiger partial charge is 0.465 e. The van der Waals surface area contributed by atoms with Crippen LogP contribution in [0.15, 0.2) is 16.5 Å². The fraction of sp³-hybridized carbons (Fsp3) is 0.545. The highest BCUT2D eigenvalue weighted by Crippen LogP contribution is 2.26. The van der Waals surface area contributed by atoms with Gasteiger partial charge >= 0.3 is 0 Å². The van der Waals surface area contributed by atoms with Crippen molar-refractivity contribution in [1.29, 1.82) is 0 Å². The van der Waals surface area contributed by atoms with Gasteiger partial charge in [-0.1, -0.05) is 6.42 Å². The van der Waals surface area contributed by atoms with Crippen LogP contribution in [0.1, 0.15) is 30.8 Å². The van der Waals surface area contributed by atoms with Crippen LogP contribution in [-0.4, -0.2) is 5.91 Å². The SMILES string of the molecule is Cc1ccc(CNC(=O)C2CCC2)o1. The third kappa shape index (κ3) is 1.97. The average molecular weight is 193 g/mol. The van der Waals surface area contributed by atoms with Crippen LogP contribution in [0.5, 0.6) is 0 Å². The molecule has 0 aliphatic heterocycles. The number of carbonyl (C=O) groups excluding carboxylic acids is 1. The minimum atomic E-state index is 0.172. The predicted octanol–water partition coefficient (Wildman–Crippen LogP) is 2.00. The van der Waals surface area contributed by atoms with Crippen molar-refractivity contribution in [2.45, 2.75) is 32.7 Å². The standard InChI is InChI=1S/C11H15NO2/c1-8-5-6-10(14-8)7-12-11(13)9-3-2-4-9/h5-6,9H,2-4,7H2,1H3,(H,12,13). The smallest absolute Gasteiger partial charge is 0.223 e. The number of hydrogen-bond donors (Lipinski definition) is 1. The summed E-state index contributed by atoms with van der Waals surface area (Å²) in [5.41, 5.74) is 0. The van der Waals surface area contributed by atoms with Gasteiger partial charge < -0.3 is 9.73 Å². The molecule has 1 aromatic rings. The van der Waals surface area contributed by atoms with Gasteiger partial charge in [-0.25, -0.2) is 0 Å². The molecule has 1 saturated carbocycles. The second kappa shape index (κ2) is 3.86. The lowest BCUT2D eigenvalue weighted by molar-refractivity contribution is -0.127. The van der Waals surface area contributed by atoms with E-state index >= 15 is 0 Å². The summed E-state index contributed by atoms with van der Waals surface area (Å²) in [4.78, 5) is 11.5. The zero-order chi connectivity index (χ0) is 9.97. The lowest BCUT2D eigenvalue weighted by Crippen LogP contribution is -2.33. The number of hydrogen-bond acceptors (Lipinski definition) is 2. The van der Waals surface area contributed by atoms with Gasteiger partial charge in [0, 0.05) is 5.92 Å². The van der Waals surface area contributed by atoms with E-state index in [4.69, 9.17) is 4.42 Å². The van der Waals surface area contributed by atoms with E-state index in [0.29, 0.717) is 6.54 Å². The second-order valence-corrected chi connectivity index (χ2v) is 3.86. The molecule has 1 aliphatic rings. The Kier molecular flexibility index (Phi) is 2.57. The Labute approximate surface area is 83.5 Å². The molecule has 0 bridgehead atoms. The van der Waals surface area contributed by atoms with Crippen molar-refractivity contribution in [3.05, 3.63) is 23.7 Å². The van der Waals surface area contributed by atoms with Crippen molar-refractivity contribution in [3.8, 4) is 0 Å². The number of carbonyl (C=O) groups is 1. The van der Waals surface area contributed by atoms with Crippen molar-refractivity contribution in [1.82, 2.24) is 5.32 Å². The summed E-state index contributed by atoms with van der Waals surface area (Å²) in [5.74, 6) is 2.14.